The number of nitrogens with zero attached hydrogens (tertiary/aromatic N) is 2. The Bertz CT molecular complexity index is 678. The van der Waals surface area contributed by atoms with Crippen molar-refractivity contribution in [3.8, 4) is 0 Å². The maximum Gasteiger partial charge on any atom is 0.273 e. The first kappa shape index (κ1) is 18.9. The Balaban J connectivity index is 1.33. The van der Waals surface area contributed by atoms with Gasteiger partial charge in [0.1, 0.15) is 5.69 Å². The van der Waals surface area contributed by atoms with Gasteiger partial charge in [-0.1, -0.05) is 19.3 Å². The minimum atomic E-state index is -0.256. The van der Waals surface area contributed by atoms with Crippen molar-refractivity contribution in [2.45, 2.75) is 63.4 Å². The van der Waals surface area contributed by atoms with Crippen molar-refractivity contribution < 1.29 is 14.3 Å². The van der Waals surface area contributed by atoms with Crippen LogP contribution in [0.1, 0.15) is 72.8 Å². The standard InChI is InChI=1S/C20H29N3O3S/c21-18(24)15-8-11-26-17(15)13-6-9-23(10-7-13)20(25)16-12-27-19(22-16)14-4-2-1-3-5-14/h12-15,17H,1-11H2,(H2,21,24)/t15-,17+/m0/s1. The van der Waals surface area contributed by atoms with Crippen LogP contribution in [0.15, 0.2) is 5.38 Å². The Morgan fingerprint density at radius 1 is 1.11 bits per heavy atom. The predicted molar refractivity (Wildman–Crippen MR) is 104 cm³/mol. The van der Waals surface area contributed by atoms with Crippen LogP contribution in [0.5, 0.6) is 0 Å². The third-order valence-electron chi connectivity index (χ3n) is 6.49. The highest BCUT2D eigenvalue weighted by Gasteiger charge is 2.40. The van der Waals surface area contributed by atoms with E-state index in [1.807, 2.05) is 10.3 Å². The molecule has 2 aliphatic heterocycles. The molecular formula is C20H29N3O3S. The van der Waals surface area contributed by atoms with Gasteiger partial charge in [-0.3, -0.25) is 9.59 Å². The van der Waals surface area contributed by atoms with Gasteiger partial charge in [0.05, 0.1) is 17.0 Å². The molecule has 1 saturated carbocycles. The molecule has 2 N–H and O–H groups in total. The number of ether oxygens (including phenoxy) is 1. The summed E-state index contributed by atoms with van der Waals surface area (Å²) in [5, 5.41) is 3.07. The highest BCUT2D eigenvalue weighted by atomic mass is 32.1. The summed E-state index contributed by atoms with van der Waals surface area (Å²) in [5.41, 5.74) is 6.12. The molecule has 1 aromatic heterocycles. The maximum atomic E-state index is 12.9. The Labute approximate surface area is 164 Å². The molecule has 1 aliphatic carbocycles. The van der Waals surface area contributed by atoms with Gasteiger partial charge in [0.25, 0.3) is 5.91 Å². The molecule has 148 valence electrons. The summed E-state index contributed by atoms with van der Waals surface area (Å²) in [5.74, 6) is 0.469. The summed E-state index contributed by atoms with van der Waals surface area (Å²) in [6.07, 6.45) is 8.65. The molecule has 1 aromatic rings. The average molecular weight is 392 g/mol. The monoisotopic (exact) mass is 391 g/mol. The Morgan fingerprint density at radius 3 is 2.56 bits per heavy atom. The zero-order valence-corrected chi connectivity index (χ0v) is 16.6. The van der Waals surface area contributed by atoms with Gasteiger partial charge in [0.15, 0.2) is 0 Å². The predicted octanol–water partition coefficient (Wildman–Crippen LogP) is 2.93. The van der Waals surface area contributed by atoms with E-state index in [1.54, 1.807) is 11.3 Å². The van der Waals surface area contributed by atoms with Crippen LogP contribution in [0.3, 0.4) is 0 Å². The summed E-state index contributed by atoms with van der Waals surface area (Å²) in [6.45, 7) is 2.01. The largest absolute Gasteiger partial charge is 0.377 e. The second-order valence-corrected chi connectivity index (χ2v) is 9.06. The van der Waals surface area contributed by atoms with E-state index < -0.39 is 0 Å². The third kappa shape index (κ3) is 4.04. The summed E-state index contributed by atoms with van der Waals surface area (Å²) in [6, 6.07) is 0. The lowest BCUT2D eigenvalue weighted by Gasteiger charge is -2.35. The van der Waals surface area contributed by atoms with Gasteiger partial charge >= 0.3 is 0 Å². The molecule has 4 rings (SSSR count). The molecule has 3 fully saturated rings. The number of aromatic nitrogens is 1. The number of amides is 2. The first-order valence-corrected chi connectivity index (χ1v) is 11.2. The molecule has 0 spiro atoms. The average Bonchev–Trinajstić information content (AvgIpc) is 3.38. The molecule has 2 amide bonds. The smallest absolute Gasteiger partial charge is 0.273 e. The van der Waals surface area contributed by atoms with Gasteiger partial charge in [-0.05, 0) is 38.0 Å². The van der Waals surface area contributed by atoms with E-state index in [1.165, 1.54) is 32.1 Å². The highest BCUT2D eigenvalue weighted by molar-refractivity contribution is 7.09. The van der Waals surface area contributed by atoms with E-state index in [9.17, 15) is 9.59 Å². The van der Waals surface area contributed by atoms with E-state index in [0.717, 1.165) is 24.3 Å². The minimum absolute atomic E-state index is 0.0468. The van der Waals surface area contributed by atoms with Crippen molar-refractivity contribution in [2.24, 2.45) is 17.6 Å². The van der Waals surface area contributed by atoms with Gasteiger partial charge in [-0.2, -0.15) is 0 Å². The van der Waals surface area contributed by atoms with Crippen LogP contribution in [0.4, 0.5) is 0 Å². The fraction of sp³-hybridized carbons (Fsp3) is 0.750. The van der Waals surface area contributed by atoms with Gasteiger partial charge in [0.2, 0.25) is 5.91 Å². The third-order valence-corrected chi connectivity index (χ3v) is 7.50. The zero-order chi connectivity index (χ0) is 18.8. The summed E-state index contributed by atoms with van der Waals surface area (Å²) >= 11 is 1.64. The van der Waals surface area contributed by atoms with E-state index in [4.69, 9.17) is 10.5 Å². The zero-order valence-electron chi connectivity index (χ0n) is 15.8. The second kappa shape index (κ2) is 8.27. The normalized spacial score (nSPS) is 27.8. The number of rotatable bonds is 4. The molecule has 0 unspecified atom stereocenters. The van der Waals surface area contributed by atoms with Crippen LogP contribution in [0.25, 0.3) is 0 Å². The van der Waals surface area contributed by atoms with Crippen molar-refractivity contribution in [3.63, 3.8) is 0 Å². The molecule has 7 heteroatoms. The first-order valence-electron chi connectivity index (χ1n) is 10.3. The van der Waals surface area contributed by atoms with Crippen LogP contribution in [0.2, 0.25) is 0 Å². The van der Waals surface area contributed by atoms with Crippen LogP contribution >= 0.6 is 11.3 Å². The molecule has 0 radical (unpaired) electrons. The SMILES string of the molecule is NC(=O)[C@H]1CCO[C@@H]1C1CCN(C(=O)c2csc(C3CCCCC3)n2)CC1. The number of primary amides is 1. The van der Waals surface area contributed by atoms with Crippen molar-refractivity contribution in [2.75, 3.05) is 19.7 Å². The van der Waals surface area contributed by atoms with E-state index >= 15 is 0 Å². The fourth-order valence-corrected chi connectivity index (χ4v) is 5.86. The van der Waals surface area contributed by atoms with Crippen molar-refractivity contribution in [1.29, 1.82) is 0 Å². The molecule has 3 heterocycles. The molecule has 2 saturated heterocycles. The van der Waals surface area contributed by atoms with Crippen molar-refractivity contribution >= 4 is 23.2 Å². The number of hydrogen-bond acceptors (Lipinski definition) is 5. The van der Waals surface area contributed by atoms with Gasteiger partial charge in [-0.25, -0.2) is 4.98 Å². The number of thiazole rings is 1. The van der Waals surface area contributed by atoms with Crippen LogP contribution in [-0.4, -0.2) is 47.5 Å². The Hall–Kier alpha value is -1.47. The van der Waals surface area contributed by atoms with Gasteiger partial charge in [0, 0.05) is 31.0 Å². The number of carbonyl (C=O) groups excluding carboxylic acids is 2. The van der Waals surface area contributed by atoms with E-state index in [0.29, 0.717) is 37.2 Å². The van der Waals surface area contributed by atoms with E-state index in [-0.39, 0.29) is 23.8 Å². The second-order valence-electron chi connectivity index (χ2n) is 8.17. The van der Waals surface area contributed by atoms with Gasteiger partial charge < -0.3 is 15.4 Å². The molecule has 6 nitrogen and oxygen atoms in total. The maximum absolute atomic E-state index is 12.9. The Morgan fingerprint density at radius 2 is 1.85 bits per heavy atom. The number of hydrogen-bond donors (Lipinski definition) is 1. The molecule has 3 aliphatic rings. The van der Waals surface area contributed by atoms with Gasteiger partial charge in [-0.15, -0.1) is 11.3 Å². The first-order chi connectivity index (χ1) is 13.1. The molecule has 27 heavy (non-hydrogen) atoms. The summed E-state index contributed by atoms with van der Waals surface area (Å²) < 4.78 is 5.80. The number of piperidine rings is 1. The minimum Gasteiger partial charge on any atom is -0.377 e. The molecule has 0 aromatic carbocycles. The number of nitrogens with two attached hydrogens (primary N) is 1. The topological polar surface area (TPSA) is 85.5 Å². The molecule has 0 bridgehead atoms. The lowest BCUT2D eigenvalue weighted by Crippen LogP contribution is -2.44. The lowest BCUT2D eigenvalue weighted by molar-refractivity contribution is -0.124. The quantitative estimate of drug-likeness (QED) is 0.855. The van der Waals surface area contributed by atoms with Crippen molar-refractivity contribution in [3.05, 3.63) is 16.1 Å². The number of likely N-dealkylation sites (tertiary alicyclic amines) is 1. The van der Waals surface area contributed by atoms with Crippen molar-refractivity contribution in [1.82, 2.24) is 9.88 Å². The summed E-state index contributed by atoms with van der Waals surface area (Å²) in [7, 11) is 0. The molecular weight excluding hydrogens is 362 g/mol. The van der Waals surface area contributed by atoms with Crippen LogP contribution in [0, 0.1) is 11.8 Å². The Kier molecular flexibility index (Phi) is 5.78. The molecule has 2 atom stereocenters. The van der Waals surface area contributed by atoms with E-state index in [2.05, 4.69) is 4.98 Å². The summed E-state index contributed by atoms with van der Waals surface area (Å²) in [4.78, 5) is 31.1. The van der Waals surface area contributed by atoms with Crippen LogP contribution in [-0.2, 0) is 9.53 Å². The highest BCUT2D eigenvalue weighted by Crippen LogP contribution is 2.35. The number of carbonyl (C=O) groups is 2. The fourth-order valence-electron chi connectivity index (χ4n) is 4.90. The van der Waals surface area contributed by atoms with Crippen LogP contribution < -0.4 is 5.73 Å². The lowest BCUT2D eigenvalue weighted by atomic mass is 9.84.